The minimum atomic E-state index is -0.461. The van der Waals surface area contributed by atoms with Crippen LogP contribution in [0.4, 0.5) is 0 Å². The minimum absolute atomic E-state index is 0.222. The van der Waals surface area contributed by atoms with Gasteiger partial charge in [0.25, 0.3) is 0 Å². The van der Waals surface area contributed by atoms with Gasteiger partial charge >= 0.3 is 5.97 Å². The fourth-order valence-corrected chi connectivity index (χ4v) is 2.07. The van der Waals surface area contributed by atoms with Crippen LogP contribution in [0.15, 0.2) is 45.3 Å². The molecule has 1 heterocycles. The molecule has 2 rings (SSSR count). The molecule has 0 aliphatic rings. The van der Waals surface area contributed by atoms with E-state index in [1.165, 1.54) is 12.7 Å². The van der Waals surface area contributed by atoms with Crippen LogP contribution in [0, 0.1) is 0 Å². The molecule has 100 valence electrons. The zero-order valence-corrected chi connectivity index (χ0v) is 12.1. The van der Waals surface area contributed by atoms with E-state index in [1.54, 1.807) is 12.1 Å². The van der Waals surface area contributed by atoms with Crippen molar-refractivity contribution >= 4 is 21.9 Å². The van der Waals surface area contributed by atoms with Crippen molar-refractivity contribution in [3.05, 3.63) is 58.0 Å². The van der Waals surface area contributed by atoms with Gasteiger partial charge in [0.1, 0.15) is 5.76 Å². The number of ether oxygens (including phenoxy) is 1. The quantitative estimate of drug-likeness (QED) is 0.859. The van der Waals surface area contributed by atoms with Gasteiger partial charge in [-0.2, -0.15) is 0 Å². The van der Waals surface area contributed by atoms with Gasteiger partial charge in [0.2, 0.25) is 5.76 Å². The Morgan fingerprint density at radius 3 is 2.79 bits per heavy atom. The molecule has 0 saturated carbocycles. The number of methoxy groups -OCH3 is 1. The van der Waals surface area contributed by atoms with Gasteiger partial charge in [-0.05, 0) is 23.8 Å². The number of rotatable bonds is 5. The van der Waals surface area contributed by atoms with E-state index in [1.807, 2.05) is 24.3 Å². The predicted octanol–water partition coefficient (Wildman–Crippen LogP) is 3.12. The largest absolute Gasteiger partial charge is 0.463 e. The van der Waals surface area contributed by atoms with E-state index < -0.39 is 5.97 Å². The fraction of sp³-hybridized carbons (Fsp3) is 0.214. The van der Waals surface area contributed by atoms with Crippen molar-refractivity contribution in [2.24, 2.45) is 0 Å². The number of furan rings is 1. The molecule has 0 atom stereocenters. The van der Waals surface area contributed by atoms with Crippen LogP contribution in [0.25, 0.3) is 0 Å². The monoisotopic (exact) mass is 323 g/mol. The van der Waals surface area contributed by atoms with Crippen LogP contribution in [-0.2, 0) is 17.8 Å². The van der Waals surface area contributed by atoms with Crippen LogP contribution in [0.3, 0.4) is 0 Å². The van der Waals surface area contributed by atoms with Crippen LogP contribution < -0.4 is 5.32 Å². The number of esters is 1. The van der Waals surface area contributed by atoms with Gasteiger partial charge in [-0.3, -0.25) is 0 Å². The summed E-state index contributed by atoms with van der Waals surface area (Å²) < 4.78 is 11.0. The molecule has 0 saturated heterocycles. The molecule has 4 nitrogen and oxygen atoms in total. The molecule has 0 radical (unpaired) electrons. The normalized spacial score (nSPS) is 10.4. The zero-order valence-electron chi connectivity index (χ0n) is 10.5. The highest BCUT2D eigenvalue weighted by Gasteiger charge is 2.10. The molecule has 0 unspecified atom stereocenters. The molecule has 5 heteroatoms. The Kier molecular flexibility index (Phi) is 4.76. The summed E-state index contributed by atoms with van der Waals surface area (Å²) in [6.45, 7) is 1.27. The van der Waals surface area contributed by atoms with Gasteiger partial charge in [-0.15, -0.1) is 0 Å². The Bertz CT molecular complexity index is 565. The molecule has 2 aromatic rings. The van der Waals surface area contributed by atoms with Gasteiger partial charge < -0.3 is 14.5 Å². The number of carbonyl (C=O) groups is 1. The summed E-state index contributed by atoms with van der Waals surface area (Å²) in [5.41, 5.74) is 1.17. The van der Waals surface area contributed by atoms with Crippen molar-refractivity contribution in [3.63, 3.8) is 0 Å². The van der Waals surface area contributed by atoms with E-state index in [2.05, 4.69) is 26.0 Å². The van der Waals surface area contributed by atoms with Gasteiger partial charge in [0.15, 0.2) is 0 Å². The molecule has 0 aliphatic carbocycles. The maximum Gasteiger partial charge on any atom is 0.373 e. The number of hydrogen-bond donors (Lipinski definition) is 1. The second-order valence-electron chi connectivity index (χ2n) is 3.95. The third kappa shape index (κ3) is 3.68. The molecule has 0 spiro atoms. The lowest BCUT2D eigenvalue weighted by molar-refractivity contribution is 0.0563. The maximum atomic E-state index is 11.2. The number of halogens is 1. The SMILES string of the molecule is COC(=O)c1ccc(CNCc2ccccc2Br)o1. The van der Waals surface area contributed by atoms with E-state index in [4.69, 9.17) is 4.42 Å². The molecule has 0 aliphatic heterocycles. The first kappa shape index (κ1) is 13.8. The molecule has 0 amide bonds. The number of benzene rings is 1. The van der Waals surface area contributed by atoms with Gasteiger partial charge in [-0.1, -0.05) is 34.1 Å². The Balaban J connectivity index is 1.88. The van der Waals surface area contributed by atoms with Crippen LogP contribution in [-0.4, -0.2) is 13.1 Å². The average molecular weight is 324 g/mol. The standard InChI is InChI=1S/C14H14BrNO3/c1-18-14(17)13-7-6-11(19-13)9-16-8-10-4-2-3-5-12(10)15/h2-7,16H,8-9H2,1H3. The van der Waals surface area contributed by atoms with E-state index in [0.717, 1.165) is 11.0 Å². The topological polar surface area (TPSA) is 51.5 Å². The molecule has 1 aromatic heterocycles. The first-order valence-corrected chi connectivity index (χ1v) is 6.61. The van der Waals surface area contributed by atoms with E-state index in [-0.39, 0.29) is 5.76 Å². The van der Waals surface area contributed by atoms with E-state index in [9.17, 15) is 4.79 Å². The Hall–Kier alpha value is -1.59. The molecule has 1 aromatic carbocycles. The zero-order chi connectivity index (χ0) is 13.7. The highest BCUT2D eigenvalue weighted by Crippen LogP contribution is 2.15. The van der Waals surface area contributed by atoms with Crippen molar-refractivity contribution in [1.82, 2.24) is 5.32 Å². The molecule has 1 N–H and O–H groups in total. The third-order valence-corrected chi connectivity index (χ3v) is 3.39. The Labute approximate surface area is 119 Å². The van der Waals surface area contributed by atoms with Crippen LogP contribution >= 0.6 is 15.9 Å². The van der Waals surface area contributed by atoms with Crippen LogP contribution in [0.5, 0.6) is 0 Å². The number of hydrogen-bond acceptors (Lipinski definition) is 4. The summed E-state index contributed by atoms with van der Waals surface area (Å²) in [7, 11) is 1.33. The molecular formula is C14H14BrNO3. The fourth-order valence-electron chi connectivity index (χ4n) is 1.65. The van der Waals surface area contributed by atoms with Crippen LogP contribution in [0.1, 0.15) is 21.9 Å². The van der Waals surface area contributed by atoms with Crippen molar-refractivity contribution in [2.45, 2.75) is 13.1 Å². The van der Waals surface area contributed by atoms with Gasteiger partial charge in [0.05, 0.1) is 13.7 Å². The van der Waals surface area contributed by atoms with E-state index in [0.29, 0.717) is 12.3 Å². The van der Waals surface area contributed by atoms with Gasteiger partial charge in [0, 0.05) is 11.0 Å². The second kappa shape index (κ2) is 6.54. The van der Waals surface area contributed by atoms with Gasteiger partial charge in [-0.25, -0.2) is 4.79 Å². The summed E-state index contributed by atoms with van der Waals surface area (Å²) in [4.78, 5) is 11.2. The summed E-state index contributed by atoms with van der Waals surface area (Å²) in [5, 5.41) is 3.25. The smallest absolute Gasteiger partial charge is 0.373 e. The number of nitrogens with one attached hydrogen (secondary N) is 1. The van der Waals surface area contributed by atoms with Crippen LogP contribution in [0.2, 0.25) is 0 Å². The lowest BCUT2D eigenvalue weighted by Crippen LogP contribution is -2.12. The highest BCUT2D eigenvalue weighted by molar-refractivity contribution is 9.10. The molecule has 19 heavy (non-hydrogen) atoms. The average Bonchev–Trinajstić information content (AvgIpc) is 2.89. The van der Waals surface area contributed by atoms with Crippen molar-refractivity contribution in [2.75, 3.05) is 7.11 Å². The first-order chi connectivity index (χ1) is 9.20. The lowest BCUT2D eigenvalue weighted by atomic mass is 10.2. The summed E-state index contributed by atoms with van der Waals surface area (Å²) in [6, 6.07) is 11.4. The summed E-state index contributed by atoms with van der Waals surface area (Å²) >= 11 is 3.49. The molecule has 0 fully saturated rings. The Morgan fingerprint density at radius 1 is 1.26 bits per heavy atom. The first-order valence-electron chi connectivity index (χ1n) is 5.82. The van der Waals surface area contributed by atoms with Crippen molar-refractivity contribution in [3.8, 4) is 0 Å². The molecular weight excluding hydrogens is 310 g/mol. The third-order valence-electron chi connectivity index (χ3n) is 2.62. The number of carbonyl (C=O) groups excluding carboxylic acids is 1. The van der Waals surface area contributed by atoms with Crippen molar-refractivity contribution in [1.29, 1.82) is 0 Å². The highest BCUT2D eigenvalue weighted by atomic mass is 79.9. The second-order valence-corrected chi connectivity index (χ2v) is 4.81. The summed E-state index contributed by atoms with van der Waals surface area (Å²) in [6.07, 6.45) is 0. The predicted molar refractivity (Wildman–Crippen MR) is 74.7 cm³/mol. The minimum Gasteiger partial charge on any atom is -0.463 e. The van der Waals surface area contributed by atoms with Crippen molar-refractivity contribution < 1.29 is 13.9 Å². The summed E-state index contributed by atoms with van der Waals surface area (Å²) in [5.74, 6) is 0.463. The maximum absolute atomic E-state index is 11.2. The molecule has 0 bridgehead atoms. The Morgan fingerprint density at radius 2 is 2.05 bits per heavy atom. The lowest BCUT2D eigenvalue weighted by Gasteiger charge is -2.05. The van der Waals surface area contributed by atoms with E-state index >= 15 is 0 Å².